The molecule has 0 saturated carbocycles. The Morgan fingerprint density at radius 2 is 1.92 bits per heavy atom. The third-order valence-electron chi connectivity index (χ3n) is 4.83. The van der Waals surface area contributed by atoms with Crippen LogP contribution in [0.25, 0.3) is 0 Å². The fraction of sp³-hybridized carbons (Fsp3) is 0.350. The second-order valence-electron chi connectivity index (χ2n) is 6.55. The van der Waals surface area contributed by atoms with Crippen LogP contribution >= 0.6 is 11.9 Å². The second kappa shape index (κ2) is 7.08. The molecule has 130 valence electrons. The van der Waals surface area contributed by atoms with E-state index in [4.69, 9.17) is 9.13 Å². The maximum atomic E-state index is 13.6. The van der Waals surface area contributed by atoms with Crippen LogP contribution in [0.1, 0.15) is 29.9 Å². The van der Waals surface area contributed by atoms with Crippen molar-refractivity contribution in [3.05, 3.63) is 59.4 Å². The van der Waals surface area contributed by atoms with Crippen molar-refractivity contribution in [3.8, 4) is 11.5 Å². The molecule has 2 aromatic rings. The second-order valence-corrected chi connectivity index (χ2v) is 7.40. The summed E-state index contributed by atoms with van der Waals surface area (Å²) in [5.74, 6) is 3.66. The number of piperidine rings is 1. The average Bonchev–Trinajstić information content (AvgIpc) is 2.65. The molecule has 0 radical (unpaired) electrons. The molecule has 4 rings (SSSR count). The molecule has 2 heterocycles. The number of nitrogens with zero attached hydrogens (tertiary/aromatic N) is 2. The van der Waals surface area contributed by atoms with Crippen LogP contribution in [0.15, 0.2) is 46.9 Å². The lowest BCUT2D eigenvalue weighted by Crippen LogP contribution is -2.42. The Morgan fingerprint density at radius 3 is 2.72 bits per heavy atom. The summed E-state index contributed by atoms with van der Waals surface area (Å²) in [6, 6.07) is 13.1. The zero-order valence-electron chi connectivity index (χ0n) is 14.2. The molecular weight excluding hydrogens is 335 g/mol. The van der Waals surface area contributed by atoms with Crippen LogP contribution in [0.3, 0.4) is 0 Å². The van der Waals surface area contributed by atoms with Crippen LogP contribution in [0.4, 0.5) is 4.39 Å². The van der Waals surface area contributed by atoms with Crippen molar-refractivity contribution in [3.63, 3.8) is 0 Å². The molecule has 25 heavy (non-hydrogen) atoms. The molecule has 0 spiro atoms. The molecule has 5 heteroatoms. The lowest BCUT2D eigenvalue weighted by Gasteiger charge is -2.37. The van der Waals surface area contributed by atoms with Crippen molar-refractivity contribution >= 4 is 17.8 Å². The largest absolute Gasteiger partial charge is 0.457 e. The van der Waals surface area contributed by atoms with Gasteiger partial charge in [0.15, 0.2) is 0 Å². The molecule has 1 saturated heterocycles. The van der Waals surface area contributed by atoms with Gasteiger partial charge in [0.1, 0.15) is 23.2 Å². The molecule has 0 aromatic heterocycles. The normalized spacial score (nSPS) is 20.0. The van der Waals surface area contributed by atoms with Gasteiger partial charge in [-0.25, -0.2) is 8.79 Å². The van der Waals surface area contributed by atoms with Crippen LogP contribution < -0.4 is 4.74 Å². The summed E-state index contributed by atoms with van der Waals surface area (Å²) in [6.07, 6.45) is 2.34. The number of rotatable bonds is 3. The van der Waals surface area contributed by atoms with Crippen molar-refractivity contribution in [2.45, 2.75) is 25.7 Å². The SMILES string of the molecule is Cc1ccc(Oc2ccc([C@@H]3CCCN4CCSN=C34)cc2)cc1F. The Labute approximate surface area is 152 Å². The molecule has 0 N–H and O–H groups in total. The number of ether oxygens (including phenoxy) is 1. The standard InChI is InChI=1S/C20H21FN2OS/c1-14-4-7-17(13-19(14)21)24-16-8-5-15(6-9-16)18-3-2-10-23-11-12-25-22-20(18)23/h4-9,13,18H,2-3,10-12H2,1H3/t18-/m0/s1. The van der Waals surface area contributed by atoms with Gasteiger partial charge in [0.05, 0.1) is 0 Å². The van der Waals surface area contributed by atoms with Gasteiger partial charge in [-0.3, -0.25) is 0 Å². The van der Waals surface area contributed by atoms with E-state index in [1.54, 1.807) is 31.0 Å². The third kappa shape index (κ3) is 3.52. The van der Waals surface area contributed by atoms with Gasteiger partial charge in [0.25, 0.3) is 0 Å². The number of amidine groups is 1. The van der Waals surface area contributed by atoms with Crippen molar-refractivity contribution in [1.29, 1.82) is 0 Å². The smallest absolute Gasteiger partial charge is 0.130 e. The highest BCUT2D eigenvalue weighted by molar-refractivity contribution is 7.98. The average molecular weight is 356 g/mol. The van der Waals surface area contributed by atoms with Gasteiger partial charge in [-0.15, -0.1) is 0 Å². The zero-order chi connectivity index (χ0) is 17.2. The van der Waals surface area contributed by atoms with Crippen LogP contribution in [-0.2, 0) is 0 Å². The molecule has 2 aliphatic rings. The number of benzene rings is 2. The fourth-order valence-electron chi connectivity index (χ4n) is 3.42. The maximum Gasteiger partial charge on any atom is 0.130 e. The molecule has 2 aliphatic heterocycles. The Balaban J connectivity index is 1.51. The molecule has 0 aliphatic carbocycles. The molecule has 2 aromatic carbocycles. The van der Waals surface area contributed by atoms with E-state index in [9.17, 15) is 4.39 Å². The van der Waals surface area contributed by atoms with Crippen LogP contribution in [0.5, 0.6) is 11.5 Å². The maximum absolute atomic E-state index is 13.6. The van der Waals surface area contributed by atoms with E-state index in [1.807, 2.05) is 12.1 Å². The van der Waals surface area contributed by atoms with Gasteiger partial charge in [-0.05, 0) is 61.0 Å². The summed E-state index contributed by atoms with van der Waals surface area (Å²) in [5, 5.41) is 0. The summed E-state index contributed by atoms with van der Waals surface area (Å²) in [6.45, 7) is 3.96. The lowest BCUT2D eigenvalue weighted by atomic mass is 9.89. The summed E-state index contributed by atoms with van der Waals surface area (Å²) in [4.78, 5) is 2.42. The van der Waals surface area contributed by atoms with Crippen LogP contribution in [-0.4, -0.2) is 29.6 Å². The predicted molar refractivity (Wildman–Crippen MR) is 101 cm³/mol. The van der Waals surface area contributed by atoms with Crippen molar-refractivity contribution in [1.82, 2.24) is 4.90 Å². The van der Waals surface area contributed by atoms with Crippen LogP contribution in [0.2, 0.25) is 0 Å². The van der Waals surface area contributed by atoms with Gasteiger partial charge in [0, 0.05) is 30.8 Å². The third-order valence-corrected chi connectivity index (χ3v) is 5.51. The minimum absolute atomic E-state index is 0.246. The van der Waals surface area contributed by atoms with Crippen molar-refractivity contribution < 1.29 is 9.13 Å². The van der Waals surface area contributed by atoms with E-state index in [-0.39, 0.29) is 5.82 Å². The molecule has 1 fully saturated rings. The Kier molecular flexibility index (Phi) is 4.66. The summed E-state index contributed by atoms with van der Waals surface area (Å²) in [7, 11) is 0. The number of halogens is 1. The highest BCUT2D eigenvalue weighted by Crippen LogP contribution is 2.34. The lowest BCUT2D eigenvalue weighted by molar-refractivity contribution is 0.371. The summed E-state index contributed by atoms with van der Waals surface area (Å²) >= 11 is 1.67. The van der Waals surface area contributed by atoms with Crippen LogP contribution in [0, 0.1) is 12.7 Å². The topological polar surface area (TPSA) is 24.8 Å². The van der Waals surface area contributed by atoms with E-state index >= 15 is 0 Å². The van der Waals surface area contributed by atoms with E-state index in [0.717, 1.165) is 31.0 Å². The highest BCUT2D eigenvalue weighted by Gasteiger charge is 2.29. The molecule has 1 atom stereocenters. The first-order chi connectivity index (χ1) is 12.2. The fourth-order valence-corrected chi connectivity index (χ4v) is 4.19. The predicted octanol–water partition coefficient (Wildman–Crippen LogP) is 5.17. The quantitative estimate of drug-likeness (QED) is 0.710. The number of fused-ring (bicyclic) bond motifs is 1. The van der Waals surface area contributed by atoms with Gasteiger partial charge in [-0.2, -0.15) is 0 Å². The molecule has 0 unspecified atom stereocenters. The van der Waals surface area contributed by atoms with Crippen molar-refractivity contribution in [2.75, 3.05) is 18.8 Å². The van der Waals surface area contributed by atoms with E-state index < -0.39 is 0 Å². The van der Waals surface area contributed by atoms with Gasteiger partial charge in [-0.1, -0.05) is 18.2 Å². The van der Waals surface area contributed by atoms with Gasteiger partial charge in [0.2, 0.25) is 0 Å². The van der Waals surface area contributed by atoms with E-state index in [0.29, 0.717) is 17.2 Å². The number of hydrogen-bond donors (Lipinski definition) is 0. The summed E-state index contributed by atoms with van der Waals surface area (Å²) in [5.41, 5.74) is 1.89. The number of hydrogen-bond acceptors (Lipinski definition) is 4. The number of aryl methyl sites for hydroxylation is 1. The molecule has 0 bridgehead atoms. The Bertz CT molecular complexity index is 791. The Hall–Kier alpha value is -2.01. The first kappa shape index (κ1) is 16.5. The first-order valence-electron chi connectivity index (χ1n) is 8.69. The molecular formula is C20H21FN2OS. The Morgan fingerprint density at radius 1 is 1.12 bits per heavy atom. The molecule has 0 amide bonds. The highest BCUT2D eigenvalue weighted by atomic mass is 32.2. The minimum atomic E-state index is -0.246. The minimum Gasteiger partial charge on any atom is -0.457 e. The van der Waals surface area contributed by atoms with Gasteiger partial charge >= 0.3 is 0 Å². The van der Waals surface area contributed by atoms with Gasteiger partial charge < -0.3 is 9.64 Å². The van der Waals surface area contributed by atoms with Crippen molar-refractivity contribution in [2.24, 2.45) is 4.40 Å². The van der Waals surface area contributed by atoms with E-state index in [2.05, 4.69) is 17.0 Å². The summed E-state index contributed by atoms with van der Waals surface area (Å²) < 4.78 is 24.1. The van der Waals surface area contributed by atoms with E-state index in [1.165, 1.54) is 23.9 Å². The zero-order valence-corrected chi connectivity index (χ0v) is 15.1. The first-order valence-corrected chi connectivity index (χ1v) is 9.64. The molecule has 3 nitrogen and oxygen atoms in total. The monoisotopic (exact) mass is 356 g/mol.